The van der Waals surface area contributed by atoms with E-state index < -0.39 is 149 Å². The Kier molecular flexibility index (Phi) is 36.6. The highest BCUT2D eigenvalue weighted by Crippen LogP contribution is 2.27. The number of likely N-dealkylation sites (N-methyl/N-ethyl adjacent to an activating group) is 7. The highest BCUT2D eigenvalue weighted by molar-refractivity contribution is 7.99. The minimum Gasteiger partial charge on any atom is -0.390 e. The van der Waals surface area contributed by atoms with Crippen LogP contribution in [-0.4, -0.2) is 244 Å². The van der Waals surface area contributed by atoms with Crippen LogP contribution < -0.4 is 27.0 Å². The van der Waals surface area contributed by atoms with Crippen LogP contribution in [0.4, 0.5) is 0 Å². The van der Waals surface area contributed by atoms with Crippen LogP contribution in [0, 0.1) is 35.5 Å². The second kappa shape index (κ2) is 39.9. The number of nitrogens with one attached hydrogen (secondary N) is 4. The summed E-state index contributed by atoms with van der Waals surface area (Å²) in [4.78, 5) is 173. The number of hydrogen-bond donors (Lipinski definition) is 6. The van der Waals surface area contributed by atoms with E-state index in [1.165, 1.54) is 118 Å². The topological polar surface area (TPSA) is 305 Å². The second-order valence-corrected chi connectivity index (χ2v) is 29.7. The van der Waals surface area contributed by atoms with Gasteiger partial charge in [0.05, 0.1) is 5.60 Å². The molecule has 1 aliphatic heterocycles. The summed E-state index contributed by atoms with van der Waals surface area (Å²) in [7, 11) is 10.2. The molecule has 0 saturated carbocycles. The Morgan fingerprint density at radius 3 is 1.46 bits per heavy atom. The van der Waals surface area contributed by atoms with Crippen molar-refractivity contribution in [1.29, 1.82) is 0 Å². The fourth-order valence-corrected chi connectivity index (χ4v) is 12.7. The number of nitrogens with two attached hydrogens (primary N) is 1. The maximum absolute atomic E-state index is 15.3. The lowest BCUT2D eigenvalue weighted by atomic mass is 9.93. The van der Waals surface area contributed by atoms with Crippen molar-refractivity contribution in [2.75, 3.05) is 67.4 Å². The Labute approximate surface area is 562 Å². The van der Waals surface area contributed by atoms with Gasteiger partial charge in [-0.2, -0.15) is 11.8 Å². The number of allylic oxidation sites excluding steroid dienone is 2. The molecule has 25 heteroatoms. The van der Waals surface area contributed by atoms with Crippen LogP contribution in [0.25, 0.3) is 0 Å². The zero-order chi connectivity index (χ0) is 71.8. The normalized spacial score (nSPS) is 26.2. The number of hydrogen-bond acceptors (Lipinski definition) is 14. The van der Waals surface area contributed by atoms with Crippen LogP contribution in [0.5, 0.6) is 0 Å². The Balaban J connectivity index is 4.52. The van der Waals surface area contributed by atoms with Crippen LogP contribution in [0.15, 0.2) is 12.2 Å². The van der Waals surface area contributed by atoms with E-state index in [0.29, 0.717) is 38.0 Å². The zero-order valence-corrected chi connectivity index (χ0v) is 62.0. The average molecular weight is 1330 g/mol. The van der Waals surface area contributed by atoms with E-state index in [1.807, 2.05) is 67.5 Å². The number of amides is 11. The predicted molar refractivity (Wildman–Crippen MR) is 368 cm³/mol. The molecule has 93 heavy (non-hydrogen) atoms. The van der Waals surface area contributed by atoms with Crippen molar-refractivity contribution in [3.63, 3.8) is 0 Å². The van der Waals surface area contributed by atoms with Crippen molar-refractivity contribution in [2.24, 2.45) is 41.2 Å². The molecule has 1 saturated heterocycles. The van der Waals surface area contributed by atoms with Gasteiger partial charge in [0.25, 0.3) is 0 Å². The van der Waals surface area contributed by atoms with Crippen LogP contribution in [-0.2, 0) is 52.7 Å². The molecule has 1 aliphatic rings. The van der Waals surface area contributed by atoms with Crippen molar-refractivity contribution < 1.29 is 57.8 Å². The van der Waals surface area contributed by atoms with E-state index in [4.69, 9.17) is 5.73 Å². The highest BCUT2D eigenvalue weighted by Gasteiger charge is 2.45. The molecular weight excluding hydrogens is 1210 g/mol. The third-order valence-corrected chi connectivity index (χ3v) is 18.7. The number of carbonyl (C=O) groups excluding carboxylic acids is 11. The van der Waals surface area contributed by atoms with Gasteiger partial charge in [-0.25, -0.2) is 0 Å². The van der Waals surface area contributed by atoms with Gasteiger partial charge in [-0.3, -0.25) is 52.7 Å². The summed E-state index contributed by atoms with van der Waals surface area (Å²) in [5.41, 5.74) is 4.26. The van der Waals surface area contributed by atoms with Crippen molar-refractivity contribution in [3.8, 4) is 0 Å². The molecule has 24 nitrogen and oxygen atoms in total. The number of aliphatic hydroxyl groups is 1. The quantitative estimate of drug-likeness (QED) is 0.0636. The summed E-state index contributed by atoms with van der Waals surface area (Å²) < 4.78 is 0. The average Bonchev–Trinajstić information content (AvgIpc) is 0.847. The number of carbonyl (C=O) groups is 11. The van der Waals surface area contributed by atoms with Gasteiger partial charge in [-0.05, 0) is 140 Å². The summed E-state index contributed by atoms with van der Waals surface area (Å²) in [6.07, 6.45) is 6.64. The molecular formula is C68H124N12O12S. The molecule has 534 valence electrons. The van der Waals surface area contributed by atoms with E-state index >= 15 is 28.8 Å². The minimum atomic E-state index is -1.56. The molecule has 11 amide bonds. The second-order valence-electron chi connectivity index (χ2n) is 28.6. The largest absolute Gasteiger partial charge is 0.390 e. The van der Waals surface area contributed by atoms with Crippen molar-refractivity contribution in [1.82, 2.24) is 55.6 Å². The van der Waals surface area contributed by atoms with Gasteiger partial charge in [-0.1, -0.05) is 95.2 Å². The first-order valence-corrected chi connectivity index (χ1v) is 34.9. The smallest absolute Gasteiger partial charge is 0.246 e. The van der Waals surface area contributed by atoms with Gasteiger partial charge in [0, 0.05) is 61.5 Å². The Bertz CT molecular complexity index is 2510. The Morgan fingerprint density at radius 1 is 0.516 bits per heavy atom. The molecule has 12 atom stereocenters. The molecule has 0 aliphatic carbocycles. The predicted octanol–water partition coefficient (Wildman–Crippen LogP) is 4.64. The first-order chi connectivity index (χ1) is 43.0. The molecule has 0 radical (unpaired) electrons. The zero-order valence-electron chi connectivity index (χ0n) is 61.2. The summed E-state index contributed by atoms with van der Waals surface area (Å²) in [5.74, 6) is -8.06. The van der Waals surface area contributed by atoms with Crippen LogP contribution in [0.2, 0.25) is 0 Å². The first-order valence-electron chi connectivity index (χ1n) is 33.7. The molecule has 0 aromatic heterocycles. The molecule has 0 aromatic carbocycles. The number of unbranched alkanes of at least 4 members (excludes halogenated alkanes) is 1. The van der Waals surface area contributed by atoms with E-state index in [1.54, 1.807) is 34.6 Å². The van der Waals surface area contributed by atoms with Gasteiger partial charge < -0.3 is 66.4 Å². The Hall–Kier alpha value is -5.82. The fraction of sp³-hybridized carbons (Fsp3) is 0.809. The lowest BCUT2D eigenvalue weighted by molar-refractivity contribution is -0.156. The molecule has 0 spiro atoms. The first kappa shape index (κ1) is 85.2. The van der Waals surface area contributed by atoms with Gasteiger partial charge in [0.1, 0.15) is 66.5 Å². The molecule has 0 unspecified atom stereocenters. The van der Waals surface area contributed by atoms with Gasteiger partial charge in [0.2, 0.25) is 65.0 Å². The minimum absolute atomic E-state index is 0.0507. The molecule has 0 bridgehead atoms. The van der Waals surface area contributed by atoms with Crippen molar-refractivity contribution in [3.05, 3.63) is 12.2 Å². The third-order valence-electron chi connectivity index (χ3n) is 17.6. The van der Waals surface area contributed by atoms with Crippen LogP contribution in [0.1, 0.15) is 182 Å². The maximum atomic E-state index is 15.3. The summed E-state index contributed by atoms with van der Waals surface area (Å²) in [6, 6.07) is -13.4. The van der Waals surface area contributed by atoms with E-state index in [0.717, 1.165) is 4.90 Å². The molecule has 1 fully saturated rings. The van der Waals surface area contributed by atoms with Gasteiger partial charge in [-0.15, -0.1) is 0 Å². The lowest BCUT2D eigenvalue weighted by Gasteiger charge is -2.41. The van der Waals surface area contributed by atoms with Crippen molar-refractivity contribution >= 4 is 76.7 Å². The fourth-order valence-electron chi connectivity index (χ4n) is 11.6. The summed E-state index contributed by atoms with van der Waals surface area (Å²) >= 11 is 1.39. The maximum Gasteiger partial charge on any atom is 0.246 e. The highest BCUT2D eigenvalue weighted by atomic mass is 32.2. The van der Waals surface area contributed by atoms with Gasteiger partial charge >= 0.3 is 0 Å². The van der Waals surface area contributed by atoms with E-state index in [9.17, 15) is 29.1 Å². The standard InChI is InChI=1S/C68H124N12O12S/c1-25-27-30-45(13)37-50-59(83)72-48(26-2)62(86)79(23)54(39-93-34-29-28-33-69)65(89)78(22)53(38-68(16,17)92)60(84)73-55(43(9)10)66(90)74(18)49(32-31-40(3)4)58(82)70-46(14)57(81)71-47(15)61(85)76(20)51(35-41(5)6)63(87)77(21)52(36-42(7)8)64(88)80(24)56(44(11)12)67(91)75(50)19/h25,27,40-56,92H,26,28-39,69H2,1-24H3,(H,70,82)(H,71,81)(H,72,83)(H,73,84)/b27-25+/t45-,46-,47+,48-,49-,50-,51+,52-,53+,54-,55-,56-/m1/s1. The van der Waals surface area contributed by atoms with E-state index in [-0.39, 0.29) is 67.9 Å². The molecule has 0 aromatic rings. The Morgan fingerprint density at radius 2 is 0.978 bits per heavy atom. The van der Waals surface area contributed by atoms with Crippen LogP contribution >= 0.6 is 11.8 Å². The van der Waals surface area contributed by atoms with E-state index in [2.05, 4.69) is 21.3 Å². The molecule has 7 N–H and O–H groups in total. The lowest BCUT2D eigenvalue weighted by Crippen LogP contribution is -2.62. The SMILES string of the molecule is C/C=C/C[C@@H](C)C[C@@H]1C(=O)N[C@H](CC)C(=O)N(C)[C@H](CSCCCCN)C(=O)N(C)[C@@H](CC(C)(C)O)C(=O)N[C@H](C(C)C)C(=O)N(C)[C@H](CCC(C)C)C(=O)N[C@H](C)C(=O)N[C@@H](C)C(=O)N(C)[C@@H](CC(C)C)C(=O)N(C)[C@H](CC(C)C)C(=O)N(C)[C@H](C(C)C)C(=O)N1C. The third kappa shape index (κ3) is 26.0. The van der Waals surface area contributed by atoms with Crippen LogP contribution in [0.3, 0.4) is 0 Å². The summed E-state index contributed by atoms with van der Waals surface area (Å²) in [5, 5.41) is 22.6. The monoisotopic (exact) mass is 1330 g/mol. The van der Waals surface area contributed by atoms with Gasteiger partial charge in [0.15, 0.2) is 0 Å². The van der Waals surface area contributed by atoms with Crippen molar-refractivity contribution in [2.45, 2.75) is 254 Å². The molecule has 1 heterocycles. The molecule has 1 rings (SSSR count). The summed E-state index contributed by atoms with van der Waals surface area (Å²) in [6.45, 7) is 30.2. The number of thioether (sulfide) groups is 1. The number of nitrogens with zero attached hydrogens (tertiary/aromatic N) is 7. The number of rotatable bonds is 22.